The zero-order chi connectivity index (χ0) is 20.8. The summed E-state index contributed by atoms with van der Waals surface area (Å²) in [6.45, 7) is 4.76. The second kappa shape index (κ2) is 9.65. The van der Waals surface area contributed by atoms with Crippen molar-refractivity contribution in [1.29, 1.82) is 0 Å². The van der Waals surface area contributed by atoms with Gasteiger partial charge in [-0.2, -0.15) is 0 Å². The van der Waals surface area contributed by atoms with Crippen LogP contribution in [0.3, 0.4) is 0 Å². The van der Waals surface area contributed by atoms with E-state index in [-0.39, 0.29) is 17.7 Å². The maximum atomic E-state index is 12.7. The molecule has 1 fully saturated rings. The Morgan fingerprint density at radius 3 is 2.62 bits per heavy atom. The molecule has 6 nitrogen and oxygen atoms in total. The molecule has 1 saturated heterocycles. The minimum atomic E-state index is 0.0123. The van der Waals surface area contributed by atoms with E-state index >= 15 is 0 Å². The standard InChI is InChI=1S/C23H30N4O2/c1-18(28)26-11-12-27(23(29)9-6-10-25(2)3)17-19(16-26)13-21-15-24-14-20-7-4-5-8-22(20)21/h4-9,14-15,19H,10-13,16-17H2,1-3H3/b9-6+. The molecule has 0 saturated carbocycles. The topological polar surface area (TPSA) is 56.8 Å². The fourth-order valence-electron chi connectivity index (χ4n) is 3.84. The molecule has 1 aliphatic heterocycles. The van der Waals surface area contributed by atoms with E-state index in [1.807, 2.05) is 59.4 Å². The maximum Gasteiger partial charge on any atom is 0.246 e. The number of amides is 2. The van der Waals surface area contributed by atoms with Gasteiger partial charge in [0.2, 0.25) is 11.8 Å². The van der Waals surface area contributed by atoms with Crippen LogP contribution in [-0.4, -0.2) is 78.3 Å². The number of fused-ring (bicyclic) bond motifs is 1. The molecule has 1 aromatic heterocycles. The summed E-state index contributed by atoms with van der Waals surface area (Å²) in [6, 6.07) is 8.22. The quantitative estimate of drug-likeness (QED) is 0.730. The Kier molecular flexibility index (Phi) is 6.99. The second-order valence-electron chi connectivity index (χ2n) is 8.00. The van der Waals surface area contributed by atoms with E-state index in [0.717, 1.165) is 23.9 Å². The second-order valence-corrected chi connectivity index (χ2v) is 8.00. The number of rotatable bonds is 5. The summed E-state index contributed by atoms with van der Waals surface area (Å²) in [7, 11) is 3.94. The lowest BCUT2D eigenvalue weighted by atomic mass is 9.96. The summed E-state index contributed by atoms with van der Waals surface area (Å²) in [6.07, 6.45) is 8.11. The predicted molar refractivity (Wildman–Crippen MR) is 115 cm³/mol. The average Bonchev–Trinajstić information content (AvgIpc) is 2.91. The van der Waals surface area contributed by atoms with Crippen molar-refractivity contribution >= 4 is 22.6 Å². The third-order valence-electron chi connectivity index (χ3n) is 5.34. The van der Waals surface area contributed by atoms with Crippen LogP contribution in [0.4, 0.5) is 0 Å². The summed E-state index contributed by atoms with van der Waals surface area (Å²) in [5, 5.41) is 2.30. The molecule has 29 heavy (non-hydrogen) atoms. The number of carbonyl (C=O) groups is 2. The molecule has 0 aliphatic carbocycles. The fraction of sp³-hybridized carbons (Fsp3) is 0.435. The Morgan fingerprint density at radius 1 is 1.14 bits per heavy atom. The highest BCUT2D eigenvalue weighted by molar-refractivity contribution is 5.88. The van der Waals surface area contributed by atoms with Crippen molar-refractivity contribution in [2.45, 2.75) is 13.3 Å². The van der Waals surface area contributed by atoms with Crippen molar-refractivity contribution in [3.05, 3.63) is 54.4 Å². The molecule has 2 amide bonds. The molecular formula is C23H30N4O2. The molecule has 154 valence electrons. The van der Waals surface area contributed by atoms with Crippen molar-refractivity contribution in [3.8, 4) is 0 Å². The average molecular weight is 395 g/mol. The number of pyridine rings is 1. The third kappa shape index (κ3) is 5.64. The zero-order valence-corrected chi connectivity index (χ0v) is 17.5. The monoisotopic (exact) mass is 394 g/mol. The number of likely N-dealkylation sites (N-methyl/N-ethyl adjacent to an activating group) is 1. The molecule has 2 heterocycles. The highest BCUT2D eigenvalue weighted by atomic mass is 16.2. The first-order chi connectivity index (χ1) is 13.9. The lowest BCUT2D eigenvalue weighted by molar-refractivity contribution is -0.130. The first-order valence-electron chi connectivity index (χ1n) is 10.1. The lowest BCUT2D eigenvalue weighted by Gasteiger charge is -2.24. The lowest BCUT2D eigenvalue weighted by Crippen LogP contribution is -2.35. The van der Waals surface area contributed by atoms with Crippen LogP contribution >= 0.6 is 0 Å². The van der Waals surface area contributed by atoms with E-state index in [2.05, 4.69) is 17.1 Å². The fourth-order valence-corrected chi connectivity index (χ4v) is 3.84. The smallest absolute Gasteiger partial charge is 0.246 e. The van der Waals surface area contributed by atoms with E-state index in [4.69, 9.17) is 0 Å². The van der Waals surface area contributed by atoms with Gasteiger partial charge < -0.3 is 14.7 Å². The van der Waals surface area contributed by atoms with E-state index < -0.39 is 0 Å². The van der Waals surface area contributed by atoms with Gasteiger partial charge in [0.1, 0.15) is 0 Å². The summed E-state index contributed by atoms with van der Waals surface area (Å²) in [5.74, 6) is 0.238. The van der Waals surface area contributed by atoms with Crippen LogP contribution in [0.25, 0.3) is 10.8 Å². The van der Waals surface area contributed by atoms with Crippen LogP contribution in [0.1, 0.15) is 12.5 Å². The molecule has 1 aliphatic rings. The van der Waals surface area contributed by atoms with Gasteiger partial charge in [-0.05, 0) is 37.4 Å². The maximum absolute atomic E-state index is 12.7. The van der Waals surface area contributed by atoms with Crippen molar-refractivity contribution < 1.29 is 9.59 Å². The Hall–Kier alpha value is -2.73. The first-order valence-corrected chi connectivity index (χ1v) is 10.1. The summed E-state index contributed by atoms with van der Waals surface area (Å²) in [5.41, 5.74) is 1.16. The van der Waals surface area contributed by atoms with Crippen LogP contribution in [0, 0.1) is 5.92 Å². The van der Waals surface area contributed by atoms with Gasteiger partial charge in [0.25, 0.3) is 0 Å². The van der Waals surface area contributed by atoms with Gasteiger partial charge in [-0.1, -0.05) is 30.3 Å². The molecule has 3 rings (SSSR count). The Bertz CT molecular complexity index is 888. The highest BCUT2D eigenvalue weighted by Gasteiger charge is 2.26. The van der Waals surface area contributed by atoms with Gasteiger partial charge in [-0.3, -0.25) is 14.6 Å². The minimum Gasteiger partial charge on any atom is -0.341 e. The number of benzene rings is 1. The van der Waals surface area contributed by atoms with Gasteiger partial charge in [0, 0.05) is 63.5 Å². The van der Waals surface area contributed by atoms with E-state index in [1.54, 1.807) is 13.0 Å². The van der Waals surface area contributed by atoms with E-state index in [0.29, 0.717) is 26.2 Å². The van der Waals surface area contributed by atoms with Crippen molar-refractivity contribution in [1.82, 2.24) is 19.7 Å². The van der Waals surface area contributed by atoms with Crippen LogP contribution < -0.4 is 0 Å². The zero-order valence-electron chi connectivity index (χ0n) is 17.5. The molecule has 0 N–H and O–H groups in total. The Morgan fingerprint density at radius 2 is 1.86 bits per heavy atom. The Balaban J connectivity index is 1.79. The van der Waals surface area contributed by atoms with Gasteiger partial charge >= 0.3 is 0 Å². The molecular weight excluding hydrogens is 364 g/mol. The van der Waals surface area contributed by atoms with Crippen LogP contribution in [-0.2, 0) is 16.0 Å². The van der Waals surface area contributed by atoms with Gasteiger partial charge in [0.15, 0.2) is 0 Å². The number of carbonyl (C=O) groups excluding carboxylic acids is 2. The number of hydrogen-bond acceptors (Lipinski definition) is 4. The highest BCUT2D eigenvalue weighted by Crippen LogP contribution is 2.22. The van der Waals surface area contributed by atoms with E-state index in [9.17, 15) is 9.59 Å². The molecule has 1 atom stereocenters. The third-order valence-corrected chi connectivity index (χ3v) is 5.34. The predicted octanol–water partition coefficient (Wildman–Crippen LogP) is 2.20. The first kappa shape index (κ1) is 21.0. The molecule has 1 aromatic carbocycles. The van der Waals surface area contributed by atoms with Gasteiger partial charge in [-0.15, -0.1) is 0 Å². The van der Waals surface area contributed by atoms with Gasteiger partial charge in [0.05, 0.1) is 0 Å². The summed E-state index contributed by atoms with van der Waals surface area (Å²) < 4.78 is 0. The van der Waals surface area contributed by atoms with Crippen molar-refractivity contribution in [2.75, 3.05) is 46.8 Å². The molecule has 0 radical (unpaired) electrons. The largest absolute Gasteiger partial charge is 0.341 e. The minimum absolute atomic E-state index is 0.0123. The van der Waals surface area contributed by atoms with Crippen molar-refractivity contribution in [3.63, 3.8) is 0 Å². The van der Waals surface area contributed by atoms with Crippen LogP contribution in [0.2, 0.25) is 0 Å². The van der Waals surface area contributed by atoms with Gasteiger partial charge in [-0.25, -0.2) is 0 Å². The molecule has 2 aromatic rings. The molecule has 0 bridgehead atoms. The number of hydrogen-bond donors (Lipinski definition) is 0. The summed E-state index contributed by atoms with van der Waals surface area (Å²) in [4.78, 5) is 34.9. The van der Waals surface area contributed by atoms with Crippen LogP contribution in [0.15, 0.2) is 48.8 Å². The molecule has 0 spiro atoms. The SMILES string of the molecule is CC(=O)N1CCN(C(=O)/C=C/CN(C)C)CC(Cc2cncc3ccccc23)C1. The number of nitrogens with zero attached hydrogens (tertiary/aromatic N) is 4. The molecule has 1 unspecified atom stereocenters. The molecule has 6 heteroatoms. The summed E-state index contributed by atoms with van der Waals surface area (Å²) >= 11 is 0. The van der Waals surface area contributed by atoms with E-state index in [1.165, 1.54) is 5.39 Å². The number of aromatic nitrogens is 1. The normalized spacial score (nSPS) is 17.9. The van der Waals surface area contributed by atoms with Crippen molar-refractivity contribution in [2.24, 2.45) is 5.92 Å². The Labute approximate surface area is 172 Å². The van der Waals surface area contributed by atoms with Crippen LogP contribution in [0.5, 0.6) is 0 Å².